The number of carboxylic acid groups (broad SMARTS) is 1. The number of nitrogens with zero attached hydrogens (tertiary/aromatic N) is 3. The average Bonchev–Trinajstić information content (AvgIpc) is 2.76. The molecule has 1 aromatic heterocycles. The largest absolute Gasteiger partial charge is 0.481 e. The number of nitrogen functional groups attached to an aromatic ring is 1. The number of aliphatic carboxylic acids is 1. The highest BCUT2D eigenvalue weighted by atomic mass is 32.2. The molecule has 1 amide bonds. The molecule has 0 saturated heterocycles. The van der Waals surface area contributed by atoms with E-state index in [-0.39, 0.29) is 17.6 Å². The predicted molar refractivity (Wildman–Crippen MR) is 72.4 cm³/mol. The number of carboxylic acids is 1. The van der Waals surface area contributed by atoms with E-state index in [1.54, 1.807) is 6.92 Å². The Labute approximate surface area is 119 Å². The predicted octanol–water partition coefficient (Wildman–Crippen LogP) is -0.639. The summed E-state index contributed by atoms with van der Waals surface area (Å²) in [6, 6.07) is -0.641. The van der Waals surface area contributed by atoms with Gasteiger partial charge in [0, 0.05) is 13.7 Å². The van der Waals surface area contributed by atoms with Crippen molar-refractivity contribution in [1.29, 1.82) is 0 Å². The summed E-state index contributed by atoms with van der Waals surface area (Å²) in [7, 11) is 1.54. The monoisotopic (exact) mass is 303 g/mol. The smallest absolute Gasteiger partial charge is 0.313 e. The number of ether oxygens (including phenoxy) is 1. The van der Waals surface area contributed by atoms with Crippen LogP contribution in [0.3, 0.4) is 0 Å². The molecule has 0 spiro atoms. The van der Waals surface area contributed by atoms with E-state index in [0.717, 1.165) is 11.8 Å². The van der Waals surface area contributed by atoms with Crippen LogP contribution >= 0.6 is 11.8 Å². The Morgan fingerprint density at radius 2 is 2.25 bits per heavy atom. The number of carbonyl (C=O) groups is 2. The van der Waals surface area contributed by atoms with Gasteiger partial charge >= 0.3 is 5.97 Å². The lowest BCUT2D eigenvalue weighted by molar-refractivity contribution is -0.133. The van der Waals surface area contributed by atoms with Crippen molar-refractivity contribution < 1.29 is 19.4 Å². The molecular formula is C10H17N5O4S. The topological polar surface area (TPSA) is 132 Å². The number of aromatic nitrogens is 3. The van der Waals surface area contributed by atoms with Gasteiger partial charge in [-0.05, 0) is 6.92 Å². The van der Waals surface area contributed by atoms with Gasteiger partial charge < -0.3 is 20.9 Å². The standard InChI is InChI=1S/C10H17N5O4S/c1-6(8(18)12-3-4-19-2)15-9(11)13-14-10(15)20-5-7(16)17/h6H,3-5H2,1-2H3,(H2,11,13)(H,12,18)(H,16,17). The van der Waals surface area contributed by atoms with Gasteiger partial charge in [0.25, 0.3) is 0 Å². The molecule has 1 rings (SSSR count). The SMILES string of the molecule is COCCNC(=O)C(C)n1c(N)nnc1SCC(=O)O. The van der Waals surface area contributed by atoms with Gasteiger partial charge in [-0.15, -0.1) is 10.2 Å². The summed E-state index contributed by atoms with van der Waals surface area (Å²) in [6.07, 6.45) is 0. The molecule has 1 aromatic rings. The maximum atomic E-state index is 11.9. The molecule has 112 valence electrons. The summed E-state index contributed by atoms with van der Waals surface area (Å²) in [5, 5.41) is 19.1. The van der Waals surface area contributed by atoms with Gasteiger partial charge in [-0.3, -0.25) is 14.2 Å². The minimum Gasteiger partial charge on any atom is -0.481 e. The Balaban J connectivity index is 2.75. The summed E-state index contributed by atoms with van der Waals surface area (Å²) < 4.78 is 6.23. The molecule has 20 heavy (non-hydrogen) atoms. The van der Waals surface area contributed by atoms with Crippen molar-refractivity contribution in [2.75, 3.05) is 31.7 Å². The summed E-state index contributed by atoms with van der Waals surface area (Å²) in [4.78, 5) is 22.5. The van der Waals surface area contributed by atoms with Gasteiger partial charge in [0.2, 0.25) is 11.9 Å². The molecule has 1 unspecified atom stereocenters. The van der Waals surface area contributed by atoms with Crippen molar-refractivity contribution in [1.82, 2.24) is 20.1 Å². The average molecular weight is 303 g/mol. The second-order valence-electron chi connectivity index (χ2n) is 3.85. The molecule has 0 aromatic carbocycles. The van der Waals surface area contributed by atoms with E-state index in [1.165, 1.54) is 11.7 Å². The van der Waals surface area contributed by atoms with Crippen molar-refractivity contribution in [2.45, 2.75) is 18.1 Å². The van der Waals surface area contributed by atoms with E-state index in [2.05, 4.69) is 15.5 Å². The number of methoxy groups -OCH3 is 1. The van der Waals surface area contributed by atoms with Gasteiger partial charge in [-0.2, -0.15) is 0 Å². The van der Waals surface area contributed by atoms with E-state index in [9.17, 15) is 9.59 Å². The van der Waals surface area contributed by atoms with E-state index in [4.69, 9.17) is 15.6 Å². The lowest BCUT2D eigenvalue weighted by atomic mass is 10.3. The molecule has 0 aliphatic heterocycles. The van der Waals surface area contributed by atoms with Gasteiger partial charge in [-0.1, -0.05) is 11.8 Å². The van der Waals surface area contributed by atoms with Crippen LogP contribution in [0.15, 0.2) is 5.16 Å². The number of nitrogens with one attached hydrogen (secondary N) is 1. The zero-order valence-corrected chi connectivity index (χ0v) is 12.0. The fourth-order valence-corrected chi connectivity index (χ4v) is 2.16. The molecule has 0 aliphatic carbocycles. The van der Waals surface area contributed by atoms with Crippen LogP contribution in [-0.4, -0.2) is 57.8 Å². The first kappa shape index (κ1) is 16.2. The minimum absolute atomic E-state index is 0.0623. The Bertz CT molecular complexity index is 478. The third-order valence-corrected chi connectivity index (χ3v) is 3.32. The maximum Gasteiger partial charge on any atom is 0.313 e. The van der Waals surface area contributed by atoms with Crippen LogP contribution in [0.5, 0.6) is 0 Å². The van der Waals surface area contributed by atoms with Crippen LogP contribution in [0.2, 0.25) is 0 Å². The molecule has 9 nitrogen and oxygen atoms in total. The van der Waals surface area contributed by atoms with Gasteiger partial charge in [0.1, 0.15) is 6.04 Å². The normalized spacial score (nSPS) is 12.1. The van der Waals surface area contributed by atoms with Crippen molar-refractivity contribution in [2.24, 2.45) is 0 Å². The molecule has 0 saturated carbocycles. The van der Waals surface area contributed by atoms with Crippen LogP contribution in [0.4, 0.5) is 5.95 Å². The summed E-state index contributed by atoms with van der Waals surface area (Å²) >= 11 is 0.955. The number of carbonyl (C=O) groups excluding carboxylic acids is 1. The van der Waals surface area contributed by atoms with Crippen molar-refractivity contribution in [3.05, 3.63) is 0 Å². The fourth-order valence-electron chi connectivity index (χ4n) is 1.42. The Morgan fingerprint density at radius 1 is 1.55 bits per heavy atom. The molecule has 1 atom stereocenters. The molecule has 0 fully saturated rings. The summed E-state index contributed by atoms with van der Waals surface area (Å²) in [6.45, 7) is 2.41. The minimum atomic E-state index is -0.986. The lowest BCUT2D eigenvalue weighted by Gasteiger charge is -2.15. The number of hydrogen-bond donors (Lipinski definition) is 3. The highest BCUT2D eigenvalue weighted by Gasteiger charge is 2.22. The highest BCUT2D eigenvalue weighted by molar-refractivity contribution is 7.99. The quantitative estimate of drug-likeness (QED) is 0.427. The zero-order chi connectivity index (χ0) is 15.1. The van der Waals surface area contributed by atoms with E-state index in [1.807, 2.05) is 0 Å². The van der Waals surface area contributed by atoms with E-state index in [0.29, 0.717) is 18.3 Å². The number of thioether (sulfide) groups is 1. The van der Waals surface area contributed by atoms with Gasteiger partial charge in [0.15, 0.2) is 5.16 Å². The van der Waals surface area contributed by atoms with Crippen molar-refractivity contribution >= 4 is 29.6 Å². The Kier molecular flexibility index (Phi) is 6.25. The van der Waals surface area contributed by atoms with Crippen LogP contribution in [0.25, 0.3) is 0 Å². The third-order valence-electron chi connectivity index (χ3n) is 2.39. The van der Waals surface area contributed by atoms with Gasteiger partial charge in [0.05, 0.1) is 12.4 Å². The third kappa shape index (κ3) is 4.38. The highest BCUT2D eigenvalue weighted by Crippen LogP contribution is 2.22. The second kappa shape index (κ2) is 7.70. The fraction of sp³-hybridized carbons (Fsp3) is 0.600. The second-order valence-corrected chi connectivity index (χ2v) is 4.80. The molecular weight excluding hydrogens is 286 g/mol. The molecule has 0 radical (unpaired) electrons. The first-order valence-electron chi connectivity index (χ1n) is 5.79. The van der Waals surface area contributed by atoms with Crippen LogP contribution in [0, 0.1) is 0 Å². The van der Waals surface area contributed by atoms with Crippen LogP contribution < -0.4 is 11.1 Å². The maximum absolute atomic E-state index is 11.9. The van der Waals surface area contributed by atoms with Crippen LogP contribution in [-0.2, 0) is 14.3 Å². The molecule has 0 bridgehead atoms. The molecule has 1 heterocycles. The molecule has 4 N–H and O–H groups in total. The molecule has 10 heteroatoms. The van der Waals surface area contributed by atoms with Gasteiger partial charge in [-0.25, -0.2) is 0 Å². The van der Waals surface area contributed by atoms with E-state index < -0.39 is 12.0 Å². The number of rotatable bonds is 8. The summed E-state index contributed by atoms with van der Waals surface area (Å²) in [5.74, 6) is -1.38. The van der Waals surface area contributed by atoms with E-state index >= 15 is 0 Å². The molecule has 0 aliphatic rings. The number of hydrogen-bond acceptors (Lipinski definition) is 7. The number of nitrogens with two attached hydrogens (primary N) is 1. The van der Waals surface area contributed by atoms with Crippen LogP contribution in [0.1, 0.15) is 13.0 Å². The summed E-state index contributed by atoms with van der Waals surface area (Å²) in [5.41, 5.74) is 5.67. The van der Waals surface area contributed by atoms with Crippen molar-refractivity contribution in [3.8, 4) is 0 Å². The first-order valence-corrected chi connectivity index (χ1v) is 6.77. The van der Waals surface area contributed by atoms with Crippen molar-refractivity contribution in [3.63, 3.8) is 0 Å². The first-order chi connectivity index (χ1) is 9.47. The number of anilines is 1. The lowest BCUT2D eigenvalue weighted by Crippen LogP contribution is -2.34. The zero-order valence-electron chi connectivity index (χ0n) is 11.2. The Morgan fingerprint density at radius 3 is 2.85 bits per heavy atom. The Hall–Kier alpha value is -1.81. The number of amides is 1.